The molecule has 2 N–H and O–H groups in total. The number of fused-ring (bicyclic) bond motifs is 1. The van der Waals surface area contributed by atoms with Crippen LogP contribution in [0.4, 0.5) is 5.00 Å². The first-order valence-corrected chi connectivity index (χ1v) is 9.94. The number of aliphatic hydroxyl groups is 1. The molecule has 0 radical (unpaired) electrons. The summed E-state index contributed by atoms with van der Waals surface area (Å²) in [6.07, 6.45) is 5.17. The number of anilines is 1. The molecule has 0 aromatic carbocycles. The Morgan fingerprint density at radius 3 is 2.76 bits per heavy atom. The Morgan fingerprint density at radius 2 is 2.04 bits per heavy atom. The first-order chi connectivity index (χ1) is 12.1. The topological polar surface area (TPSA) is 78.9 Å². The minimum Gasteiger partial charge on any atom is -0.462 e. The molecule has 0 bridgehead atoms. The van der Waals surface area contributed by atoms with Crippen molar-refractivity contribution in [3.05, 3.63) is 16.0 Å². The Hall–Kier alpha value is -1.44. The van der Waals surface area contributed by atoms with E-state index in [4.69, 9.17) is 4.74 Å². The number of nitrogens with one attached hydrogen (secondary N) is 1. The summed E-state index contributed by atoms with van der Waals surface area (Å²) in [4.78, 5) is 27.8. The van der Waals surface area contributed by atoms with Crippen molar-refractivity contribution < 1.29 is 19.4 Å². The zero-order chi connectivity index (χ0) is 17.8. The summed E-state index contributed by atoms with van der Waals surface area (Å²) in [6.45, 7) is 4.27. The first kappa shape index (κ1) is 18.4. The standard InChI is InChI=1S/C18H26N2O4S/c1-2-24-18(23)15-12-7-6-8-13(21)16(12)25-17(15)19-14(22)11-20-9-4-3-5-10-20/h13,21H,2-11H2,1H3,(H,19,22)/t13-/m0/s1. The summed E-state index contributed by atoms with van der Waals surface area (Å²) < 4.78 is 5.18. The lowest BCUT2D eigenvalue weighted by molar-refractivity contribution is -0.117. The number of rotatable bonds is 5. The highest BCUT2D eigenvalue weighted by molar-refractivity contribution is 7.17. The zero-order valence-electron chi connectivity index (χ0n) is 14.7. The van der Waals surface area contributed by atoms with Crippen molar-refractivity contribution in [1.29, 1.82) is 0 Å². The lowest BCUT2D eigenvalue weighted by Gasteiger charge is -2.25. The van der Waals surface area contributed by atoms with Crippen LogP contribution in [0.3, 0.4) is 0 Å². The van der Waals surface area contributed by atoms with Crippen LogP contribution < -0.4 is 5.32 Å². The van der Waals surface area contributed by atoms with E-state index in [2.05, 4.69) is 10.2 Å². The van der Waals surface area contributed by atoms with Crippen LogP contribution >= 0.6 is 11.3 Å². The fraction of sp³-hybridized carbons (Fsp3) is 0.667. The predicted octanol–water partition coefficient (Wildman–Crippen LogP) is 2.72. The lowest BCUT2D eigenvalue weighted by Crippen LogP contribution is -2.36. The molecule has 2 heterocycles. The molecule has 7 heteroatoms. The van der Waals surface area contributed by atoms with Crippen LogP contribution in [0.15, 0.2) is 0 Å². The molecule has 138 valence electrons. The van der Waals surface area contributed by atoms with Crippen molar-refractivity contribution in [3.8, 4) is 0 Å². The number of hydrogen-bond donors (Lipinski definition) is 2. The molecule has 6 nitrogen and oxygen atoms in total. The molecule has 0 spiro atoms. The molecule has 1 amide bonds. The van der Waals surface area contributed by atoms with Crippen molar-refractivity contribution in [3.63, 3.8) is 0 Å². The number of hydrogen-bond acceptors (Lipinski definition) is 6. The number of nitrogens with zero attached hydrogens (tertiary/aromatic N) is 1. The van der Waals surface area contributed by atoms with Gasteiger partial charge in [-0.05, 0) is 57.7 Å². The Labute approximate surface area is 152 Å². The average molecular weight is 366 g/mol. The lowest BCUT2D eigenvalue weighted by atomic mass is 9.93. The molecule has 3 rings (SSSR count). The molecule has 0 unspecified atom stereocenters. The van der Waals surface area contributed by atoms with Gasteiger partial charge in [0.1, 0.15) is 5.00 Å². The second-order valence-electron chi connectivity index (χ2n) is 6.66. The number of piperidine rings is 1. The molecule has 1 fully saturated rings. The number of ether oxygens (including phenoxy) is 1. The van der Waals surface area contributed by atoms with E-state index in [1.54, 1.807) is 6.92 Å². The van der Waals surface area contributed by atoms with Gasteiger partial charge in [-0.3, -0.25) is 9.69 Å². The summed E-state index contributed by atoms with van der Waals surface area (Å²) >= 11 is 1.31. The Morgan fingerprint density at radius 1 is 1.28 bits per heavy atom. The second kappa shape index (κ2) is 8.29. The Balaban J connectivity index is 1.79. The number of esters is 1. The number of carbonyl (C=O) groups is 2. The van der Waals surface area contributed by atoms with Gasteiger partial charge in [0.15, 0.2) is 0 Å². The van der Waals surface area contributed by atoms with Gasteiger partial charge in [0.2, 0.25) is 5.91 Å². The Bertz CT molecular complexity index is 637. The molecular formula is C18H26N2O4S. The molecule has 1 aromatic rings. The average Bonchev–Trinajstić information content (AvgIpc) is 2.95. The van der Waals surface area contributed by atoms with E-state index in [0.717, 1.165) is 49.2 Å². The summed E-state index contributed by atoms with van der Waals surface area (Å²) in [6, 6.07) is 0. The number of aliphatic hydroxyl groups excluding tert-OH is 1. The Kier molecular flexibility index (Phi) is 6.09. The third-order valence-electron chi connectivity index (χ3n) is 4.79. The van der Waals surface area contributed by atoms with Crippen LogP contribution in [-0.2, 0) is 16.0 Å². The summed E-state index contributed by atoms with van der Waals surface area (Å²) in [5, 5.41) is 13.7. The molecule has 2 aliphatic rings. The van der Waals surface area contributed by atoms with E-state index in [1.165, 1.54) is 17.8 Å². The van der Waals surface area contributed by atoms with E-state index in [1.807, 2.05) is 0 Å². The van der Waals surface area contributed by atoms with E-state index in [0.29, 0.717) is 23.5 Å². The maximum Gasteiger partial charge on any atom is 0.341 e. The zero-order valence-corrected chi connectivity index (χ0v) is 15.5. The van der Waals surface area contributed by atoms with Crippen LogP contribution in [0.1, 0.15) is 65.9 Å². The molecule has 1 aliphatic carbocycles. The van der Waals surface area contributed by atoms with Gasteiger partial charge in [-0.15, -0.1) is 11.3 Å². The van der Waals surface area contributed by atoms with Crippen LogP contribution in [-0.4, -0.2) is 48.1 Å². The maximum absolute atomic E-state index is 12.4. The van der Waals surface area contributed by atoms with Gasteiger partial charge >= 0.3 is 5.97 Å². The highest BCUT2D eigenvalue weighted by Gasteiger charge is 2.31. The van der Waals surface area contributed by atoms with Crippen molar-refractivity contribution >= 4 is 28.2 Å². The van der Waals surface area contributed by atoms with Crippen molar-refractivity contribution in [2.75, 3.05) is 31.6 Å². The largest absolute Gasteiger partial charge is 0.462 e. The van der Waals surface area contributed by atoms with Crippen molar-refractivity contribution in [2.45, 2.75) is 51.6 Å². The number of likely N-dealkylation sites (tertiary alicyclic amines) is 1. The van der Waals surface area contributed by atoms with Gasteiger partial charge in [0, 0.05) is 4.88 Å². The second-order valence-corrected chi connectivity index (χ2v) is 7.71. The maximum atomic E-state index is 12.4. The predicted molar refractivity (Wildman–Crippen MR) is 97.1 cm³/mol. The third kappa shape index (κ3) is 4.22. The van der Waals surface area contributed by atoms with Gasteiger partial charge in [0.05, 0.1) is 24.8 Å². The van der Waals surface area contributed by atoms with Crippen LogP contribution in [0, 0.1) is 0 Å². The van der Waals surface area contributed by atoms with E-state index >= 15 is 0 Å². The first-order valence-electron chi connectivity index (χ1n) is 9.13. The number of carbonyl (C=O) groups excluding carboxylic acids is 2. The van der Waals surface area contributed by atoms with E-state index in [-0.39, 0.29) is 12.5 Å². The van der Waals surface area contributed by atoms with Crippen LogP contribution in [0.25, 0.3) is 0 Å². The van der Waals surface area contributed by atoms with Crippen molar-refractivity contribution in [2.24, 2.45) is 0 Å². The number of thiophene rings is 1. The highest BCUT2D eigenvalue weighted by atomic mass is 32.1. The minimum absolute atomic E-state index is 0.111. The minimum atomic E-state index is -0.560. The smallest absolute Gasteiger partial charge is 0.341 e. The van der Waals surface area contributed by atoms with Crippen molar-refractivity contribution in [1.82, 2.24) is 4.90 Å². The number of amides is 1. The van der Waals surface area contributed by atoms with Gasteiger partial charge in [0.25, 0.3) is 0 Å². The quantitative estimate of drug-likeness (QED) is 0.784. The monoisotopic (exact) mass is 366 g/mol. The fourth-order valence-corrected chi connectivity index (χ4v) is 4.87. The summed E-state index contributed by atoms with van der Waals surface area (Å²) in [5.74, 6) is -0.525. The molecule has 0 saturated carbocycles. The van der Waals surface area contributed by atoms with E-state index < -0.39 is 12.1 Å². The molecule has 1 aromatic heterocycles. The SMILES string of the molecule is CCOC(=O)c1c(NC(=O)CN2CCCCC2)sc2c1CCC[C@@H]2O. The van der Waals surface area contributed by atoms with Crippen LogP contribution in [0.5, 0.6) is 0 Å². The summed E-state index contributed by atoms with van der Waals surface area (Å²) in [7, 11) is 0. The molecule has 1 saturated heterocycles. The van der Waals surface area contributed by atoms with Gasteiger partial charge in [-0.2, -0.15) is 0 Å². The molecule has 25 heavy (non-hydrogen) atoms. The van der Waals surface area contributed by atoms with Crippen LogP contribution in [0.2, 0.25) is 0 Å². The third-order valence-corrected chi connectivity index (χ3v) is 6.04. The molecular weight excluding hydrogens is 340 g/mol. The van der Waals surface area contributed by atoms with Gasteiger partial charge in [-0.25, -0.2) is 4.79 Å². The molecule has 1 atom stereocenters. The fourth-order valence-electron chi connectivity index (χ4n) is 3.60. The highest BCUT2D eigenvalue weighted by Crippen LogP contribution is 2.42. The van der Waals surface area contributed by atoms with Gasteiger partial charge < -0.3 is 15.2 Å². The molecule has 1 aliphatic heterocycles. The van der Waals surface area contributed by atoms with E-state index in [9.17, 15) is 14.7 Å². The normalized spacial score (nSPS) is 20.8. The van der Waals surface area contributed by atoms with Gasteiger partial charge in [-0.1, -0.05) is 6.42 Å². The summed E-state index contributed by atoms with van der Waals surface area (Å²) in [5.41, 5.74) is 1.28.